The first-order chi connectivity index (χ1) is 7.47. The van der Waals surface area contributed by atoms with E-state index in [0.29, 0.717) is 12.6 Å². The molecule has 1 saturated carbocycles. The van der Waals surface area contributed by atoms with E-state index < -0.39 is 5.54 Å². The highest BCUT2D eigenvalue weighted by Crippen LogP contribution is 2.17. The number of carbonyl (C=O) groups is 1. The molecule has 1 amide bonds. The molecule has 0 spiro atoms. The number of amides is 1. The molecule has 94 valence electrons. The van der Waals surface area contributed by atoms with E-state index in [2.05, 4.69) is 5.32 Å². The smallest absolute Gasteiger partial charge is 0.236 e. The number of likely N-dealkylation sites (N-methyl/N-ethyl adjacent to an activating group) is 1. The molecule has 4 heteroatoms. The number of carbonyl (C=O) groups excluding carboxylic acids is 1. The number of hydrogen-bond donors (Lipinski definition) is 2. The van der Waals surface area contributed by atoms with Gasteiger partial charge in [0.15, 0.2) is 0 Å². The molecule has 4 nitrogen and oxygen atoms in total. The molecule has 0 aliphatic heterocycles. The van der Waals surface area contributed by atoms with Gasteiger partial charge in [-0.1, -0.05) is 12.8 Å². The Hall–Kier alpha value is -0.610. The van der Waals surface area contributed by atoms with Crippen LogP contribution in [0.4, 0.5) is 0 Å². The van der Waals surface area contributed by atoms with Crippen molar-refractivity contribution in [2.75, 3.05) is 20.2 Å². The SMILES string of the molecule is CN(C(=O)CNC1CCCC1)C(C)(C)CO. The summed E-state index contributed by atoms with van der Waals surface area (Å²) in [5.74, 6) is 0.0472. The van der Waals surface area contributed by atoms with Gasteiger partial charge >= 0.3 is 0 Å². The quantitative estimate of drug-likeness (QED) is 0.730. The van der Waals surface area contributed by atoms with Gasteiger partial charge in [-0.25, -0.2) is 0 Å². The molecule has 16 heavy (non-hydrogen) atoms. The Bertz CT molecular complexity index is 235. The fourth-order valence-corrected chi connectivity index (χ4v) is 1.92. The lowest BCUT2D eigenvalue weighted by atomic mass is 10.1. The number of rotatable bonds is 5. The van der Waals surface area contributed by atoms with Crippen molar-refractivity contribution in [2.45, 2.75) is 51.1 Å². The summed E-state index contributed by atoms with van der Waals surface area (Å²) in [6.45, 7) is 4.09. The van der Waals surface area contributed by atoms with Gasteiger partial charge in [0, 0.05) is 13.1 Å². The zero-order valence-electron chi connectivity index (χ0n) is 10.6. The van der Waals surface area contributed by atoms with E-state index in [1.54, 1.807) is 11.9 Å². The van der Waals surface area contributed by atoms with E-state index in [9.17, 15) is 9.90 Å². The highest BCUT2D eigenvalue weighted by molar-refractivity contribution is 5.78. The van der Waals surface area contributed by atoms with Crippen LogP contribution in [0.3, 0.4) is 0 Å². The standard InChI is InChI=1S/C12H24N2O2/c1-12(2,9-15)14(3)11(16)8-13-10-6-4-5-7-10/h10,13,15H,4-9H2,1-3H3. The fourth-order valence-electron chi connectivity index (χ4n) is 1.92. The molecule has 0 aromatic rings. The normalized spacial score (nSPS) is 17.8. The second-order valence-electron chi connectivity index (χ2n) is 5.29. The first-order valence-electron chi connectivity index (χ1n) is 6.08. The highest BCUT2D eigenvalue weighted by atomic mass is 16.3. The molecule has 0 bridgehead atoms. The third kappa shape index (κ3) is 3.46. The Morgan fingerprint density at radius 1 is 1.44 bits per heavy atom. The van der Waals surface area contributed by atoms with Gasteiger partial charge in [-0.3, -0.25) is 4.79 Å². The summed E-state index contributed by atoms with van der Waals surface area (Å²) in [5.41, 5.74) is -0.478. The molecule has 1 fully saturated rings. The van der Waals surface area contributed by atoms with Crippen LogP contribution in [0.5, 0.6) is 0 Å². The molecule has 1 aliphatic rings. The van der Waals surface area contributed by atoms with Crippen molar-refractivity contribution >= 4 is 5.91 Å². The molecule has 0 unspecified atom stereocenters. The summed E-state index contributed by atoms with van der Waals surface area (Å²) in [6.07, 6.45) is 4.90. The van der Waals surface area contributed by atoms with Gasteiger partial charge in [0.2, 0.25) is 5.91 Å². The Labute approximate surface area is 98.0 Å². The van der Waals surface area contributed by atoms with Crippen LogP contribution >= 0.6 is 0 Å². The van der Waals surface area contributed by atoms with Gasteiger partial charge < -0.3 is 15.3 Å². The third-order valence-corrected chi connectivity index (χ3v) is 3.57. The monoisotopic (exact) mass is 228 g/mol. The number of nitrogens with zero attached hydrogens (tertiary/aromatic N) is 1. The van der Waals surface area contributed by atoms with Gasteiger partial charge in [0.1, 0.15) is 0 Å². The van der Waals surface area contributed by atoms with Gasteiger partial charge in [-0.2, -0.15) is 0 Å². The zero-order valence-corrected chi connectivity index (χ0v) is 10.6. The first-order valence-corrected chi connectivity index (χ1v) is 6.08. The lowest BCUT2D eigenvalue weighted by Crippen LogP contribution is -2.51. The van der Waals surface area contributed by atoms with Crippen LogP contribution in [0, 0.1) is 0 Å². The topological polar surface area (TPSA) is 52.6 Å². The average molecular weight is 228 g/mol. The Morgan fingerprint density at radius 2 is 2.00 bits per heavy atom. The van der Waals surface area contributed by atoms with Gasteiger partial charge in [0.25, 0.3) is 0 Å². The molecule has 0 aromatic heterocycles. The maximum Gasteiger partial charge on any atom is 0.236 e. The van der Waals surface area contributed by atoms with Crippen LogP contribution in [-0.2, 0) is 4.79 Å². The van der Waals surface area contributed by atoms with Crippen molar-refractivity contribution in [3.8, 4) is 0 Å². The molecule has 0 atom stereocenters. The van der Waals surface area contributed by atoms with Crippen molar-refractivity contribution < 1.29 is 9.90 Å². The molecule has 2 N–H and O–H groups in total. The fraction of sp³-hybridized carbons (Fsp3) is 0.917. The van der Waals surface area contributed by atoms with Crippen LogP contribution in [0.1, 0.15) is 39.5 Å². The van der Waals surface area contributed by atoms with Crippen LogP contribution in [0.25, 0.3) is 0 Å². The number of nitrogens with one attached hydrogen (secondary N) is 1. The second kappa shape index (κ2) is 5.64. The lowest BCUT2D eigenvalue weighted by molar-refractivity contribution is -0.135. The van der Waals surface area contributed by atoms with E-state index in [1.165, 1.54) is 25.7 Å². The largest absolute Gasteiger partial charge is 0.394 e. The predicted octanol–water partition coefficient (Wildman–Crippen LogP) is 0.748. The molecule has 0 radical (unpaired) electrons. The number of aliphatic hydroxyl groups is 1. The van der Waals surface area contributed by atoms with E-state index >= 15 is 0 Å². The molecular weight excluding hydrogens is 204 g/mol. The van der Waals surface area contributed by atoms with Gasteiger partial charge in [-0.05, 0) is 26.7 Å². The van der Waals surface area contributed by atoms with Crippen LogP contribution in [0.2, 0.25) is 0 Å². The van der Waals surface area contributed by atoms with Crippen LogP contribution < -0.4 is 5.32 Å². The summed E-state index contributed by atoms with van der Waals surface area (Å²) in [6, 6.07) is 0.509. The van der Waals surface area contributed by atoms with Gasteiger partial charge in [0.05, 0.1) is 18.7 Å². The lowest BCUT2D eigenvalue weighted by Gasteiger charge is -2.34. The van der Waals surface area contributed by atoms with Crippen molar-refractivity contribution in [3.63, 3.8) is 0 Å². The van der Waals surface area contributed by atoms with Crippen molar-refractivity contribution in [3.05, 3.63) is 0 Å². The van der Waals surface area contributed by atoms with Crippen molar-refractivity contribution in [1.82, 2.24) is 10.2 Å². The molecular formula is C12H24N2O2. The molecule has 0 aromatic carbocycles. The summed E-state index contributed by atoms with van der Waals surface area (Å²) < 4.78 is 0. The maximum absolute atomic E-state index is 11.9. The van der Waals surface area contributed by atoms with Crippen molar-refractivity contribution in [2.24, 2.45) is 0 Å². The average Bonchev–Trinajstić information content (AvgIpc) is 2.77. The molecule has 0 heterocycles. The summed E-state index contributed by atoms with van der Waals surface area (Å²) >= 11 is 0. The summed E-state index contributed by atoms with van der Waals surface area (Å²) in [7, 11) is 1.74. The molecule has 0 saturated heterocycles. The van der Waals surface area contributed by atoms with E-state index in [4.69, 9.17) is 0 Å². The van der Waals surface area contributed by atoms with Crippen molar-refractivity contribution in [1.29, 1.82) is 0 Å². The zero-order chi connectivity index (χ0) is 12.2. The maximum atomic E-state index is 11.9. The minimum absolute atomic E-state index is 0.0152. The van der Waals surface area contributed by atoms with E-state index in [-0.39, 0.29) is 12.5 Å². The molecule has 1 rings (SSSR count). The first kappa shape index (κ1) is 13.5. The van der Waals surface area contributed by atoms with E-state index in [1.807, 2.05) is 13.8 Å². The van der Waals surface area contributed by atoms with E-state index in [0.717, 1.165) is 0 Å². The Balaban J connectivity index is 2.33. The Morgan fingerprint density at radius 3 is 2.50 bits per heavy atom. The Kier molecular flexibility index (Phi) is 4.74. The third-order valence-electron chi connectivity index (χ3n) is 3.57. The molecule has 1 aliphatic carbocycles. The summed E-state index contributed by atoms with van der Waals surface area (Å²) in [4.78, 5) is 13.5. The number of hydrogen-bond acceptors (Lipinski definition) is 3. The highest BCUT2D eigenvalue weighted by Gasteiger charge is 2.27. The van der Waals surface area contributed by atoms with Crippen LogP contribution in [-0.4, -0.2) is 47.7 Å². The minimum atomic E-state index is -0.478. The number of aliphatic hydroxyl groups excluding tert-OH is 1. The van der Waals surface area contributed by atoms with Gasteiger partial charge in [-0.15, -0.1) is 0 Å². The predicted molar refractivity (Wildman–Crippen MR) is 64.2 cm³/mol. The van der Waals surface area contributed by atoms with Crippen LogP contribution in [0.15, 0.2) is 0 Å². The minimum Gasteiger partial charge on any atom is -0.394 e. The second-order valence-corrected chi connectivity index (χ2v) is 5.29. The summed E-state index contributed by atoms with van der Waals surface area (Å²) in [5, 5.41) is 12.5.